The van der Waals surface area contributed by atoms with E-state index in [0.29, 0.717) is 12.5 Å². The second-order valence-electron chi connectivity index (χ2n) is 6.40. The number of benzene rings is 1. The van der Waals surface area contributed by atoms with E-state index in [2.05, 4.69) is 60.9 Å². The number of rotatable bonds is 10. The summed E-state index contributed by atoms with van der Waals surface area (Å²) in [5.74, 6) is 1.33. The predicted octanol–water partition coefficient (Wildman–Crippen LogP) is 4.27. The summed E-state index contributed by atoms with van der Waals surface area (Å²) >= 11 is 0. The maximum Gasteiger partial charge on any atom is 0.115 e. The molecule has 0 saturated heterocycles. The second kappa shape index (κ2) is 10.9. The van der Waals surface area contributed by atoms with Crippen LogP contribution in [0.2, 0.25) is 0 Å². The third kappa shape index (κ3) is 6.52. The van der Waals surface area contributed by atoms with Gasteiger partial charge in [0.1, 0.15) is 5.76 Å². The van der Waals surface area contributed by atoms with Crippen LogP contribution in [0.1, 0.15) is 31.7 Å². The van der Waals surface area contributed by atoms with Gasteiger partial charge < -0.3 is 14.7 Å². The Kier molecular flexibility index (Phi) is 8.50. The molecule has 0 aromatic heterocycles. The number of ether oxygens (including phenoxy) is 1. The SMILES string of the molecule is C=C(c1ccccc1)C1C=CC(OCCCN(CC)CCO)=CCC1. The van der Waals surface area contributed by atoms with Gasteiger partial charge in [-0.25, -0.2) is 0 Å². The molecule has 1 N–H and O–H groups in total. The first-order valence-corrected chi connectivity index (χ1v) is 9.33. The highest BCUT2D eigenvalue weighted by Crippen LogP contribution is 2.29. The molecule has 3 heteroatoms. The Morgan fingerprint density at radius 2 is 2.08 bits per heavy atom. The average molecular weight is 341 g/mol. The van der Waals surface area contributed by atoms with Crippen molar-refractivity contribution in [2.24, 2.45) is 5.92 Å². The number of likely N-dealkylation sites (N-methyl/N-ethyl adjacent to an activating group) is 1. The zero-order valence-electron chi connectivity index (χ0n) is 15.4. The first kappa shape index (κ1) is 19.5. The van der Waals surface area contributed by atoms with Gasteiger partial charge in [0.05, 0.1) is 13.2 Å². The molecule has 25 heavy (non-hydrogen) atoms. The lowest BCUT2D eigenvalue weighted by atomic mass is 9.90. The highest BCUT2D eigenvalue weighted by molar-refractivity contribution is 5.66. The quantitative estimate of drug-likeness (QED) is 0.645. The Morgan fingerprint density at radius 1 is 1.28 bits per heavy atom. The van der Waals surface area contributed by atoms with Crippen molar-refractivity contribution in [2.75, 3.05) is 32.8 Å². The molecule has 1 atom stereocenters. The van der Waals surface area contributed by atoms with Crippen molar-refractivity contribution in [3.05, 3.63) is 66.5 Å². The summed E-state index contributed by atoms with van der Waals surface area (Å²) < 4.78 is 5.93. The minimum absolute atomic E-state index is 0.218. The van der Waals surface area contributed by atoms with Crippen LogP contribution in [0, 0.1) is 5.92 Å². The van der Waals surface area contributed by atoms with Gasteiger partial charge in [-0.2, -0.15) is 0 Å². The molecule has 2 rings (SSSR count). The van der Waals surface area contributed by atoms with Crippen molar-refractivity contribution in [1.82, 2.24) is 4.90 Å². The maximum atomic E-state index is 9.01. The molecule has 0 amide bonds. The van der Waals surface area contributed by atoms with Crippen LogP contribution < -0.4 is 0 Å². The van der Waals surface area contributed by atoms with E-state index in [1.807, 2.05) is 6.07 Å². The summed E-state index contributed by atoms with van der Waals surface area (Å²) in [6.07, 6.45) is 9.54. The molecule has 0 radical (unpaired) electrons. The molecular weight excluding hydrogens is 310 g/mol. The zero-order valence-corrected chi connectivity index (χ0v) is 15.4. The van der Waals surface area contributed by atoms with Crippen molar-refractivity contribution >= 4 is 5.57 Å². The Balaban J connectivity index is 1.78. The van der Waals surface area contributed by atoms with E-state index < -0.39 is 0 Å². The largest absolute Gasteiger partial charge is 0.494 e. The first-order valence-electron chi connectivity index (χ1n) is 9.33. The molecule has 1 aliphatic carbocycles. The van der Waals surface area contributed by atoms with Crippen LogP contribution >= 0.6 is 0 Å². The maximum absolute atomic E-state index is 9.01. The number of aliphatic hydroxyl groups excluding tert-OH is 1. The molecule has 0 spiro atoms. The van der Waals surface area contributed by atoms with Crippen LogP contribution in [0.3, 0.4) is 0 Å². The summed E-state index contributed by atoms with van der Waals surface area (Å²) in [7, 11) is 0. The third-order valence-corrected chi connectivity index (χ3v) is 4.66. The van der Waals surface area contributed by atoms with Gasteiger partial charge >= 0.3 is 0 Å². The van der Waals surface area contributed by atoms with E-state index in [1.54, 1.807) is 0 Å². The van der Waals surface area contributed by atoms with Crippen molar-refractivity contribution < 1.29 is 9.84 Å². The minimum atomic E-state index is 0.218. The fraction of sp³-hybridized carbons (Fsp3) is 0.455. The van der Waals surface area contributed by atoms with Gasteiger partial charge in [-0.15, -0.1) is 0 Å². The Hall–Kier alpha value is -1.84. The van der Waals surface area contributed by atoms with Crippen LogP contribution in [0.15, 0.2) is 60.9 Å². The van der Waals surface area contributed by atoms with E-state index in [1.165, 1.54) is 11.1 Å². The molecule has 1 aliphatic rings. The van der Waals surface area contributed by atoms with Crippen molar-refractivity contribution in [3.8, 4) is 0 Å². The molecule has 0 bridgehead atoms. The van der Waals surface area contributed by atoms with Crippen LogP contribution in [0.5, 0.6) is 0 Å². The molecular formula is C22H31NO2. The van der Waals surface area contributed by atoms with E-state index in [9.17, 15) is 0 Å². The van der Waals surface area contributed by atoms with E-state index in [4.69, 9.17) is 9.84 Å². The molecule has 0 fully saturated rings. The summed E-state index contributed by atoms with van der Waals surface area (Å²) in [5.41, 5.74) is 2.39. The van der Waals surface area contributed by atoms with E-state index in [-0.39, 0.29) is 6.61 Å². The van der Waals surface area contributed by atoms with Gasteiger partial charge in [0, 0.05) is 19.0 Å². The monoisotopic (exact) mass is 341 g/mol. The normalized spacial score (nSPS) is 17.2. The Morgan fingerprint density at radius 3 is 2.80 bits per heavy atom. The number of aliphatic hydroxyl groups is 1. The molecule has 1 aromatic carbocycles. The number of nitrogens with zero attached hydrogens (tertiary/aromatic N) is 1. The van der Waals surface area contributed by atoms with Crippen LogP contribution in [-0.4, -0.2) is 42.9 Å². The topological polar surface area (TPSA) is 32.7 Å². The third-order valence-electron chi connectivity index (χ3n) is 4.66. The Bertz CT molecular complexity index is 577. The summed E-state index contributed by atoms with van der Waals surface area (Å²) in [4.78, 5) is 2.24. The highest BCUT2D eigenvalue weighted by Gasteiger charge is 2.13. The number of hydrogen-bond donors (Lipinski definition) is 1. The van der Waals surface area contributed by atoms with Crippen LogP contribution in [0.25, 0.3) is 5.57 Å². The lowest BCUT2D eigenvalue weighted by Gasteiger charge is -2.18. The average Bonchev–Trinajstić information content (AvgIpc) is 2.90. The van der Waals surface area contributed by atoms with Crippen LogP contribution in [0.4, 0.5) is 0 Å². The van der Waals surface area contributed by atoms with Crippen LogP contribution in [-0.2, 0) is 4.74 Å². The predicted molar refractivity (Wildman–Crippen MR) is 105 cm³/mol. The molecule has 3 nitrogen and oxygen atoms in total. The molecule has 1 aromatic rings. The molecule has 136 valence electrons. The second-order valence-corrected chi connectivity index (χ2v) is 6.40. The number of allylic oxidation sites excluding steroid dienone is 4. The lowest BCUT2D eigenvalue weighted by Crippen LogP contribution is -2.28. The molecule has 0 aliphatic heterocycles. The zero-order chi connectivity index (χ0) is 17.9. The smallest absolute Gasteiger partial charge is 0.115 e. The van der Waals surface area contributed by atoms with Gasteiger partial charge in [-0.05, 0) is 49.1 Å². The summed E-state index contributed by atoms with van der Waals surface area (Å²) in [6, 6.07) is 10.4. The fourth-order valence-electron chi connectivity index (χ4n) is 3.09. The Labute approximate surface area is 152 Å². The van der Waals surface area contributed by atoms with Crippen molar-refractivity contribution in [3.63, 3.8) is 0 Å². The van der Waals surface area contributed by atoms with Crippen molar-refractivity contribution in [1.29, 1.82) is 0 Å². The minimum Gasteiger partial charge on any atom is -0.494 e. The number of hydrogen-bond acceptors (Lipinski definition) is 3. The fourth-order valence-corrected chi connectivity index (χ4v) is 3.09. The van der Waals surface area contributed by atoms with Gasteiger partial charge in [0.15, 0.2) is 0 Å². The summed E-state index contributed by atoms with van der Waals surface area (Å²) in [6.45, 7) is 10.0. The lowest BCUT2D eigenvalue weighted by molar-refractivity contribution is 0.170. The molecule has 0 heterocycles. The van der Waals surface area contributed by atoms with E-state index in [0.717, 1.165) is 44.7 Å². The van der Waals surface area contributed by atoms with Gasteiger partial charge in [-0.3, -0.25) is 0 Å². The van der Waals surface area contributed by atoms with E-state index >= 15 is 0 Å². The standard InChI is InChI=1S/C22H31NO2/c1-3-23(16-17-24)15-8-18-25-22-12-7-11-21(13-14-22)19(2)20-9-5-4-6-10-20/h4-6,9-10,12-14,21,24H,2-3,7-8,11,15-18H2,1H3. The first-order chi connectivity index (χ1) is 12.2. The molecule has 0 saturated carbocycles. The van der Waals surface area contributed by atoms with Gasteiger partial charge in [-0.1, -0.05) is 49.9 Å². The molecule has 1 unspecified atom stereocenters. The van der Waals surface area contributed by atoms with Gasteiger partial charge in [0.2, 0.25) is 0 Å². The summed E-state index contributed by atoms with van der Waals surface area (Å²) in [5, 5.41) is 9.01. The highest BCUT2D eigenvalue weighted by atomic mass is 16.5. The van der Waals surface area contributed by atoms with Crippen molar-refractivity contribution in [2.45, 2.75) is 26.2 Å². The van der Waals surface area contributed by atoms with Gasteiger partial charge in [0.25, 0.3) is 0 Å².